The number of para-hydroxylation sites is 1. The maximum atomic E-state index is 14.0. The Bertz CT molecular complexity index is 622. The Kier molecular flexibility index (Phi) is 4.22. The van der Waals surface area contributed by atoms with Gasteiger partial charge in [-0.25, -0.2) is 9.37 Å². The number of benzene rings is 1. The third-order valence-corrected chi connectivity index (χ3v) is 4.88. The lowest BCUT2D eigenvalue weighted by atomic mass is 10.3. The van der Waals surface area contributed by atoms with Crippen molar-refractivity contribution in [2.45, 2.75) is 39.3 Å². The van der Waals surface area contributed by atoms with Crippen LogP contribution in [0.3, 0.4) is 0 Å². The number of aromatic nitrogens is 1. The minimum atomic E-state index is -0.204. The van der Waals surface area contributed by atoms with E-state index in [4.69, 9.17) is 0 Å². The third kappa shape index (κ3) is 3.24. The number of hydrogen-bond acceptors (Lipinski definition) is 4. The number of anilines is 2. The van der Waals surface area contributed by atoms with Gasteiger partial charge in [-0.15, -0.1) is 0 Å². The highest BCUT2D eigenvalue weighted by Gasteiger charge is 2.22. The second-order valence-corrected chi connectivity index (χ2v) is 6.42. The maximum absolute atomic E-state index is 14.0. The summed E-state index contributed by atoms with van der Waals surface area (Å²) in [7, 11) is 0. The molecule has 0 bridgehead atoms. The van der Waals surface area contributed by atoms with Crippen molar-refractivity contribution in [3.63, 3.8) is 0 Å². The molecule has 0 saturated heterocycles. The molecule has 0 aliphatic heterocycles. The Labute approximate surface area is 128 Å². The largest absolute Gasteiger partial charge is 0.315 e. The highest BCUT2D eigenvalue weighted by molar-refractivity contribution is 7.15. The number of nitrogens with one attached hydrogen (secondary N) is 1. The SMILES string of the molecule is CCN(c1nc(C)c(CNC2CC2)s1)c1ccccc1F. The Morgan fingerprint density at radius 1 is 1.38 bits per heavy atom. The van der Waals surface area contributed by atoms with E-state index < -0.39 is 0 Å². The van der Waals surface area contributed by atoms with Gasteiger partial charge >= 0.3 is 0 Å². The summed E-state index contributed by atoms with van der Waals surface area (Å²) in [6, 6.07) is 7.55. The molecular weight excluding hydrogens is 285 g/mol. The summed E-state index contributed by atoms with van der Waals surface area (Å²) < 4.78 is 14.0. The molecule has 0 unspecified atom stereocenters. The molecule has 0 spiro atoms. The molecule has 1 heterocycles. The van der Waals surface area contributed by atoms with Gasteiger partial charge in [0, 0.05) is 24.0 Å². The van der Waals surface area contributed by atoms with Gasteiger partial charge in [0.2, 0.25) is 0 Å². The van der Waals surface area contributed by atoms with Crippen LogP contribution in [0, 0.1) is 12.7 Å². The van der Waals surface area contributed by atoms with Crippen molar-refractivity contribution in [2.75, 3.05) is 11.4 Å². The van der Waals surface area contributed by atoms with E-state index in [1.807, 2.05) is 24.8 Å². The van der Waals surface area contributed by atoms with Gasteiger partial charge in [-0.3, -0.25) is 0 Å². The lowest BCUT2D eigenvalue weighted by Crippen LogP contribution is -2.17. The standard InChI is InChI=1S/C16H20FN3S/c1-3-20(14-7-5-4-6-13(14)17)16-19-11(2)15(21-16)10-18-12-8-9-12/h4-7,12,18H,3,8-10H2,1-2H3. The number of halogens is 1. The van der Waals surface area contributed by atoms with Crippen LogP contribution in [0.25, 0.3) is 0 Å². The summed E-state index contributed by atoms with van der Waals surface area (Å²) >= 11 is 1.65. The topological polar surface area (TPSA) is 28.2 Å². The molecule has 1 aromatic carbocycles. The maximum Gasteiger partial charge on any atom is 0.190 e. The van der Waals surface area contributed by atoms with Crippen molar-refractivity contribution in [1.29, 1.82) is 0 Å². The van der Waals surface area contributed by atoms with Crippen LogP contribution in [-0.2, 0) is 6.54 Å². The van der Waals surface area contributed by atoms with Crippen LogP contribution in [-0.4, -0.2) is 17.6 Å². The smallest absolute Gasteiger partial charge is 0.190 e. The number of thiazole rings is 1. The number of nitrogens with zero attached hydrogens (tertiary/aromatic N) is 2. The van der Waals surface area contributed by atoms with Crippen molar-refractivity contribution < 1.29 is 4.39 Å². The zero-order chi connectivity index (χ0) is 14.8. The van der Waals surface area contributed by atoms with Crippen molar-refractivity contribution in [3.05, 3.63) is 40.7 Å². The lowest BCUT2D eigenvalue weighted by molar-refractivity contribution is 0.625. The molecule has 3 rings (SSSR count). The lowest BCUT2D eigenvalue weighted by Gasteiger charge is -2.20. The number of aryl methyl sites for hydroxylation is 1. The Morgan fingerprint density at radius 2 is 2.14 bits per heavy atom. The molecule has 21 heavy (non-hydrogen) atoms. The third-order valence-electron chi connectivity index (χ3n) is 3.70. The summed E-state index contributed by atoms with van der Waals surface area (Å²) in [4.78, 5) is 7.82. The van der Waals surface area contributed by atoms with E-state index in [1.165, 1.54) is 23.8 Å². The van der Waals surface area contributed by atoms with E-state index in [0.717, 1.165) is 17.4 Å². The van der Waals surface area contributed by atoms with Gasteiger partial charge in [-0.2, -0.15) is 0 Å². The Balaban J connectivity index is 1.83. The molecule has 112 valence electrons. The first-order chi connectivity index (χ1) is 10.2. The molecule has 5 heteroatoms. The van der Waals surface area contributed by atoms with Gasteiger partial charge in [0.25, 0.3) is 0 Å². The van der Waals surface area contributed by atoms with E-state index >= 15 is 0 Å². The van der Waals surface area contributed by atoms with Crippen molar-refractivity contribution in [2.24, 2.45) is 0 Å². The summed E-state index contributed by atoms with van der Waals surface area (Å²) in [5, 5.41) is 4.38. The average molecular weight is 305 g/mol. The fourth-order valence-corrected chi connectivity index (χ4v) is 3.39. The van der Waals surface area contributed by atoms with Crippen LogP contribution >= 0.6 is 11.3 Å². The molecule has 1 N–H and O–H groups in total. The zero-order valence-electron chi connectivity index (χ0n) is 12.4. The van der Waals surface area contributed by atoms with E-state index in [-0.39, 0.29) is 5.82 Å². The molecule has 1 aliphatic rings. The highest BCUT2D eigenvalue weighted by Crippen LogP contribution is 2.33. The molecule has 1 saturated carbocycles. The molecule has 2 aromatic rings. The Morgan fingerprint density at radius 3 is 2.81 bits per heavy atom. The van der Waals surface area contributed by atoms with Crippen molar-refractivity contribution >= 4 is 22.2 Å². The molecule has 1 fully saturated rings. The predicted octanol–water partition coefficient (Wildman–Crippen LogP) is 4.00. The second-order valence-electron chi connectivity index (χ2n) is 5.36. The monoisotopic (exact) mass is 305 g/mol. The molecule has 0 amide bonds. The van der Waals surface area contributed by atoms with Gasteiger partial charge < -0.3 is 10.2 Å². The van der Waals surface area contributed by atoms with Crippen LogP contribution in [0.5, 0.6) is 0 Å². The molecule has 0 radical (unpaired) electrons. The van der Waals surface area contributed by atoms with Crippen LogP contribution in [0.1, 0.15) is 30.3 Å². The molecule has 1 aromatic heterocycles. The molecular formula is C16H20FN3S. The quantitative estimate of drug-likeness (QED) is 0.874. The zero-order valence-corrected chi connectivity index (χ0v) is 13.2. The summed E-state index contributed by atoms with van der Waals surface area (Å²) in [5.41, 5.74) is 1.63. The highest BCUT2D eigenvalue weighted by atomic mass is 32.1. The van der Waals surface area contributed by atoms with Crippen LogP contribution in [0.4, 0.5) is 15.2 Å². The first kappa shape index (κ1) is 14.5. The first-order valence-corrected chi connectivity index (χ1v) is 8.22. The average Bonchev–Trinajstić information content (AvgIpc) is 3.23. The second kappa shape index (κ2) is 6.12. The fourth-order valence-electron chi connectivity index (χ4n) is 2.30. The van der Waals surface area contributed by atoms with Gasteiger partial charge in [0.15, 0.2) is 5.13 Å². The summed E-state index contributed by atoms with van der Waals surface area (Å²) in [6.07, 6.45) is 2.56. The number of hydrogen-bond donors (Lipinski definition) is 1. The normalized spacial score (nSPS) is 14.4. The molecule has 3 nitrogen and oxygen atoms in total. The fraction of sp³-hybridized carbons (Fsp3) is 0.438. The molecule has 0 atom stereocenters. The van der Waals surface area contributed by atoms with Gasteiger partial charge in [-0.1, -0.05) is 23.5 Å². The first-order valence-electron chi connectivity index (χ1n) is 7.40. The van der Waals surface area contributed by atoms with E-state index in [0.29, 0.717) is 18.3 Å². The van der Waals surface area contributed by atoms with Crippen LogP contribution in [0.2, 0.25) is 0 Å². The van der Waals surface area contributed by atoms with E-state index in [9.17, 15) is 4.39 Å². The summed E-state index contributed by atoms with van der Waals surface area (Å²) in [5.74, 6) is -0.204. The molecule has 1 aliphatic carbocycles. The van der Waals surface area contributed by atoms with Gasteiger partial charge in [-0.05, 0) is 38.8 Å². The van der Waals surface area contributed by atoms with E-state index in [2.05, 4.69) is 10.3 Å². The Hall–Kier alpha value is -1.46. The van der Waals surface area contributed by atoms with Crippen molar-refractivity contribution in [3.8, 4) is 0 Å². The minimum Gasteiger partial charge on any atom is -0.315 e. The van der Waals surface area contributed by atoms with Crippen molar-refractivity contribution in [1.82, 2.24) is 10.3 Å². The number of rotatable bonds is 6. The summed E-state index contributed by atoms with van der Waals surface area (Å²) in [6.45, 7) is 5.61. The van der Waals surface area contributed by atoms with Crippen LogP contribution in [0.15, 0.2) is 24.3 Å². The predicted molar refractivity (Wildman–Crippen MR) is 85.8 cm³/mol. The minimum absolute atomic E-state index is 0.204. The van der Waals surface area contributed by atoms with Gasteiger partial charge in [0.05, 0.1) is 11.4 Å². The van der Waals surface area contributed by atoms with E-state index in [1.54, 1.807) is 23.5 Å². The van der Waals surface area contributed by atoms with Crippen LogP contribution < -0.4 is 10.2 Å². The van der Waals surface area contributed by atoms with Gasteiger partial charge in [0.1, 0.15) is 5.82 Å².